The van der Waals surface area contributed by atoms with Crippen molar-refractivity contribution < 1.29 is 19.5 Å². The summed E-state index contributed by atoms with van der Waals surface area (Å²) in [6.07, 6.45) is 2.73. The zero-order valence-corrected chi connectivity index (χ0v) is 19.9. The minimum atomic E-state index is -0.925. The number of benzene rings is 2. The van der Waals surface area contributed by atoms with Gasteiger partial charge in [-0.05, 0) is 62.1 Å². The number of hydrogen-bond acceptors (Lipinski definition) is 4. The Morgan fingerprint density at radius 2 is 1.56 bits per heavy atom. The van der Waals surface area contributed by atoms with Gasteiger partial charge in [0.15, 0.2) is 0 Å². The van der Waals surface area contributed by atoms with Crippen LogP contribution in [0.1, 0.15) is 47.2 Å². The summed E-state index contributed by atoms with van der Waals surface area (Å²) in [4.78, 5) is 42.1. The summed E-state index contributed by atoms with van der Waals surface area (Å²) in [6, 6.07) is 13.4. The number of carbonyl (C=O) groups excluding carboxylic acids is 2. The molecule has 2 N–H and O–H groups in total. The molecular formula is C27H33N3O4. The van der Waals surface area contributed by atoms with Gasteiger partial charge in [0.2, 0.25) is 5.91 Å². The van der Waals surface area contributed by atoms with E-state index < -0.39 is 17.8 Å². The molecule has 4 rings (SSSR count). The summed E-state index contributed by atoms with van der Waals surface area (Å²) < 4.78 is 0. The first-order valence-electron chi connectivity index (χ1n) is 12.1. The largest absolute Gasteiger partial charge is 0.481 e. The fourth-order valence-corrected chi connectivity index (χ4v) is 5.00. The molecule has 0 unspecified atom stereocenters. The van der Waals surface area contributed by atoms with Crippen molar-refractivity contribution in [2.24, 2.45) is 11.8 Å². The van der Waals surface area contributed by atoms with E-state index in [2.05, 4.69) is 42.3 Å². The van der Waals surface area contributed by atoms with Gasteiger partial charge in [0, 0.05) is 31.9 Å². The Morgan fingerprint density at radius 3 is 2.24 bits per heavy atom. The number of carboxylic acids is 1. The maximum atomic E-state index is 13.4. The first-order chi connectivity index (χ1) is 16.3. The Balaban J connectivity index is 1.43. The van der Waals surface area contributed by atoms with Gasteiger partial charge in [-0.1, -0.05) is 31.0 Å². The summed E-state index contributed by atoms with van der Waals surface area (Å²) >= 11 is 0. The lowest BCUT2D eigenvalue weighted by atomic mass is 9.78. The van der Waals surface area contributed by atoms with Crippen molar-refractivity contribution in [3.8, 4) is 0 Å². The van der Waals surface area contributed by atoms with Crippen LogP contribution in [0.5, 0.6) is 0 Å². The Morgan fingerprint density at radius 1 is 0.882 bits per heavy atom. The van der Waals surface area contributed by atoms with E-state index in [4.69, 9.17) is 0 Å². The molecule has 2 amide bonds. The van der Waals surface area contributed by atoms with E-state index in [0.717, 1.165) is 25.9 Å². The average Bonchev–Trinajstić information content (AvgIpc) is 2.85. The van der Waals surface area contributed by atoms with Crippen molar-refractivity contribution in [1.29, 1.82) is 0 Å². The molecule has 1 heterocycles. The van der Waals surface area contributed by atoms with Crippen molar-refractivity contribution in [2.45, 2.75) is 39.5 Å². The van der Waals surface area contributed by atoms with Crippen molar-refractivity contribution in [2.75, 3.05) is 36.4 Å². The van der Waals surface area contributed by atoms with Crippen LogP contribution in [0.2, 0.25) is 0 Å². The molecule has 180 valence electrons. The molecule has 0 bridgehead atoms. The van der Waals surface area contributed by atoms with Gasteiger partial charge in [-0.25, -0.2) is 0 Å². The fraction of sp³-hybridized carbons (Fsp3) is 0.444. The van der Waals surface area contributed by atoms with Gasteiger partial charge in [0.05, 0.1) is 23.1 Å². The van der Waals surface area contributed by atoms with Crippen LogP contribution in [0, 0.1) is 25.7 Å². The number of aryl methyl sites for hydroxylation is 2. The highest BCUT2D eigenvalue weighted by molar-refractivity contribution is 6.04. The van der Waals surface area contributed by atoms with E-state index in [0.29, 0.717) is 37.2 Å². The van der Waals surface area contributed by atoms with Crippen molar-refractivity contribution in [3.05, 3.63) is 59.2 Å². The van der Waals surface area contributed by atoms with E-state index in [-0.39, 0.29) is 11.8 Å². The number of hydrogen-bond donors (Lipinski definition) is 2. The van der Waals surface area contributed by atoms with Crippen molar-refractivity contribution in [1.82, 2.24) is 4.90 Å². The van der Waals surface area contributed by atoms with E-state index in [1.807, 2.05) is 4.90 Å². The molecule has 7 heteroatoms. The number of rotatable bonds is 5. The second-order valence-corrected chi connectivity index (χ2v) is 9.42. The number of piperazine rings is 1. The predicted octanol–water partition coefficient (Wildman–Crippen LogP) is 4.10. The van der Waals surface area contributed by atoms with E-state index in [1.54, 1.807) is 24.3 Å². The van der Waals surface area contributed by atoms with Gasteiger partial charge in [-0.2, -0.15) is 0 Å². The lowest BCUT2D eigenvalue weighted by Gasteiger charge is -2.36. The number of nitrogens with one attached hydrogen (secondary N) is 1. The summed E-state index contributed by atoms with van der Waals surface area (Å²) in [5, 5.41) is 12.4. The van der Waals surface area contributed by atoms with Gasteiger partial charge < -0.3 is 20.2 Å². The maximum absolute atomic E-state index is 13.4. The zero-order valence-electron chi connectivity index (χ0n) is 19.9. The third-order valence-electron chi connectivity index (χ3n) is 7.26. The average molecular weight is 464 g/mol. The van der Waals surface area contributed by atoms with Crippen LogP contribution in [0.15, 0.2) is 42.5 Å². The number of aliphatic carboxylic acids is 1. The first kappa shape index (κ1) is 23.8. The van der Waals surface area contributed by atoms with Crippen LogP contribution in [0.4, 0.5) is 11.4 Å². The molecule has 2 atom stereocenters. The van der Waals surface area contributed by atoms with Crippen LogP contribution < -0.4 is 10.2 Å². The summed E-state index contributed by atoms with van der Waals surface area (Å²) in [5.74, 6) is -2.60. The molecule has 2 aromatic rings. The standard InChI is InChI=1S/C27H33N3O4/c1-18-11-12-20(17-19(18)2)29-13-15-30(16-14-29)26(32)23-9-5-6-10-24(23)28-25(31)21-7-3-4-8-22(21)27(33)34/h5-6,9-12,17,21-22H,3-4,7-8,13-16H2,1-2H3,(H,28,31)(H,33,34)/t21-,22+/m0/s1. The number of nitrogens with zero attached hydrogens (tertiary/aromatic N) is 2. The highest BCUT2D eigenvalue weighted by Crippen LogP contribution is 2.32. The first-order valence-corrected chi connectivity index (χ1v) is 12.1. The van der Waals surface area contributed by atoms with Crippen LogP contribution in [0.3, 0.4) is 0 Å². The number of amides is 2. The minimum absolute atomic E-state index is 0.117. The summed E-state index contributed by atoms with van der Waals surface area (Å²) in [5.41, 5.74) is 4.58. The maximum Gasteiger partial charge on any atom is 0.307 e. The van der Waals surface area contributed by atoms with Crippen LogP contribution in [-0.2, 0) is 9.59 Å². The molecular weight excluding hydrogens is 430 g/mol. The molecule has 2 aromatic carbocycles. The summed E-state index contributed by atoms with van der Waals surface area (Å²) in [6.45, 7) is 6.88. The van der Waals surface area contributed by atoms with Crippen LogP contribution in [0.25, 0.3) is 0 Å². The number of carbonyl (C=O) groups is 3. The van der Waals surface area contributed by atoms with Gasteiger partial charge in [-0.15, -0.1) is 0 Å². The Labute approximate surface area is 200 Å². The van der Waals surface area contributed by atoms with Crippen LogP contribution >= 0.6 is 0 Å². The lowest BCUT2D eigenvalue weighted by molar-refractivity contribution is -0.147. The molecule has 7 nitrogen and oxygen atoms in total. The zero-order chi connectivity index (χ0) is 24.2. The highest BCUT2D eigenvalue weighted by Gasteiger charge is 2.36. The molecule has 0 aromatic heterocycles. The number of anilines is 2. The predicted molar refractivity (Wildman–Crippen MR) is 132 cm³/mol. The van der Waals surface area contributed by atoms with Gasteiger partial charge >= 0.3 is 5.97 Å². The number of para-hydroxylation sites is 1. The van der Waals surface area contributed by atoms with Crippen molar-refractivity contribution in [3.63, 3.8) is 0 Å². The molecule has 34 heavy (non-hydrogen) atoms. The SMILES string of the molecule is Cc1ccc(N2CCN(C(=O)c3ccccc3NC(=O)[C@H]3CCCC[C@H]3C(=O)O)CC2)cc1C. The lowest BCUT2D eigenvalue weighted by Crippen LogP contribution is -2.49. The molecule has 2 fully saturated rings. The fourth-order valence-electron chi connectivity index (χ4n) is 5.00. The van der Waals surface area contributed by atoms with Gasteiger partial charge in [0.25, 0.3) is 5.91 Å². The van der Waals surface area contributed by atoms with E-state index in [1.165, 1.54) is 16.8 Å². The van der Waals surface area contributed by atoms with Gasteiger partial charge in [0.1, 0.15) is 0 Å². The third kappa shape index (κ3) is 5.08. The smallest absolute Gasteiger partial charge is 0.307 e. The summed E-state index contributed by atoms with van der Waals surface area (Å²) in [7, 11) is 0. The molecule has 1 saturated heterocycles. The number of carboxylic acid groups (broad SMARTS) is 1. The molecule has 0 spiro atoms. The van der Waals surface area contributed by atoms with Crippen LogP contribution in [-0.4, -0.2) is 54.0 Å². The van der Waals surface area contributed by atoms with E-state index in [9.17, 15) is 19.5 Å². The van der Waals surface area contributed by atoms with Gasteiger partial charge in [-0.3, -0.25) is 14.4 Å². The Kier molecular flexibility index (Phi) is 7.20. The second-order valence-electron chi connectivity index (χ2n) is 9.42. The Hall–Kier alpha value is -3.35. The normalized spacial score (nSPS) is 20.6. The third-order valence-corrected chi connectivity index (χ3v) is 7.26. The monoisotopic (exact) mass is 463 g/mol. The Bertz CT molecular complexity index is 1080. The molecule has 1 aliphatic heterocycles. The molecule has 2 aliphatic rings. The highest BCUT2D eigenvalue weighted by atomic mass is 16.4. The molecule has 1 saturated carbocycles. The topological polar surface area (TPSA) is 90.0 Å². The quantitative estimate of drug-likeness (QED) is 0.697. The van der Waals surface area contributed by atoms with Crippen molar-refractivity contribution >= 4 is 29.2 Å². The molecule has 0 radical (unpaired) electrons. The van der Waals surface area contributed by atoms with E-state index >= 15 is 0 Å². The minimum Gasteiger partial charge on any atom is -0.481 e. The second kappa shape index (κ2) is 10.3. The molecule has 1 aliphatic carbocycles.